The number of benzene rings is 3. The quantitative estimate of drug-likeness (QED) is 0.474. The number of hydrogen-bond donors (Lipinski definition) is 1. The van der Waals surface area contributed by atoms with E-state index in [-0.39, 0.29) is 19.4 Å². The van der Waals surface area contributed by atoms with Gasteiger partial charge in [0, 0.05) is 24.7 Å². The van der Waals surface area contributed by atoms with Crippen LogP contribution in [0.15, 0.2) is 66.7 Å². The van der Waals surface area contributed by atoms with Gasteiger partial charge in [-0.05, 0) is 66.6 Å². The highest BCUT2D eigenvalue weighted by molar-refractivity contribution is 5.93. The number of methoxy groups -OCH3 is 2. The predicted octanol–water partition coefficient (Wildman–Crippen LogP) is 4.92. The van der Waals surface area contributed by atoms with Gasteiger partial charge in [-0.2, -0.15) is 0 Å². The Morgan fingerprint density at radius 2 is 1.53 bits per heavy atom. The number of nitrogens with zero attached hydrogens (tertiary/aromatic N) is 2. The summed E-state index contributed by atoms with van der Waals surface area (Å²) in [5.41, 5.74) is 2.20. The Bertz CT molecular complexity index is 1310. The van der Waals surface area contributed by atoms with Gasteiger partial charge in [-0.1, -0.05) is 18.2 Å². The third-order valence-corrected chi connectivity index (χ3v) is 7.25. The van der Waals surface area contributed by atoms with E-state index in [4.69, 9.17) is 18.9 Å². The molecule has 2 aliphatic rings. The van der Waals surface area contributed by atoms with Gasteiger partial charge in [0.15, 0.2) is 11.5 Å². The molecule has 3 atom stereocenters. The van der Waals surface area contributed by atoms with Crippen molar-refractivity contribution in [1.29, 1.82) is 0 Å². The smallest absolute Gasteiger partial charge is 0.325 e. The van der Waals surface area contributed by atoms with Gasteiger partial charge in [-0.15, -0.1) is 0 Å². The molecule has 38 heavy (non-hydrogen) atoms. The molecular formula is C29H30N2O7. The summed E-state index contributed by atoms with van der Waals surface area (Å²) >= 11 is 0. The molecule has 2 amide bonds. The van der Waals surface area contributed by atoms with Crippen molar-refractivity contribution in [1.82, 2.24) is 4.90 Å². The normalized spacial score (nSPS) is 19.8. The lowest BCUT2D eigenvalue weighted by atomic mass is 9.83. The lowest BCUT2D eigenvalue weighted by molar-refractivity contribution is -0.142. The lowest BCUT2D eigenvalue weighted by Gasteiger charge is -2.32. The van der Waals surface area contributed by atoms with Crippen LogP contribution in [0.25, 0.3) is 0 Å². The van der Waals surface area contributed by atoms with Gasteiger partial charge in [-0.25, -0.2) is 4.79 Å². The highest BCUT2D eigenvalue weighted by Gasteiger charge is 2.50. The van der Waals surface area contributed by atoms with Crippen LogP contribution >= 0.6 is 0 Å². The standard InChI is InChI=1S/C29H30N2O7/c1-4-30(20-8-12-22(36-3)13-9-20)29(34)31-16-23(19-7-14-24-25(15-19)38-17-37-24)26(28(32)33)27(31)18-5-10-21(35-2)11-6-18/h5-15,23,26-27H,4,16-17H2,1-3H3,(H,32,33). The van der Waals surface area contributed by atoms with Crippen LogP contribution in [0, 0.1) is 5.92 Å². The molecule has 0 aliphatic carbocycles. The molecule has 1 fully saturated rings. The van der Waals surface area contributed by atoms with Gasteiger partial charge < -0.3 is 29.0 Å². The number of carbonyl (C=O) groups is 2. The van der Waals surface area contributed by atoms with Crippen LogP contribution in [0.1, 0.15) is 30.0 Å². The Kier molecular flexibility index (Phi) is 7.00. The van der Waals surface area contributed by atoms with Gasteiger partial charge in [0.25, 0.3) is 0 Å². The predicted molar refractivity (Wildman–Crippen MR) is 140 cm³/mol. The number of amides is 2. The molecule has 2 heterocycles. The van der Waals surface area contributed by atoms with Crippen LogP contribution in [0.2, 0.25) is 0 Å². The number of carbonyl (C=O) groups excluding carboxylic acids is 1. The van der Waals surface area contributed by atoms with E-state index in [1.54, 1.807) is 54.4 Å². The fourth-order valence-electron chi connectivity index (χ4n) is 5.35. The molecule has 5 rings (SSSR count). The zero-order chi connectivity index (χ0) is 26.8. The fraction of sp³-hybridized carbons (Fsp3) is 0.310. The molecule has 1 saturated heterocycles. The van der Waals surface area contributed by atoms with Gasteiger partial charge in [0.2, 0.25) is 6.79 Å². The number of aliphatic carboxylic acids is 1. The van der Waals surface area contributed by atoms with Crippen molar-refractivity contribution in [2.24, 2.45) is 5.92 Å². The first-order chi connectivity index (χ1) is 18.4. The molecule has 1 N–H and O–H groups in total. The van der Waals surface area contributed by atoms with Crippen molar-refractivity contribution >= 4 is 17.7 Å². The summed E-state index contributed by atoms with van der Waals surface area (Å²) in [5.74, 6) is 0.201. The van der Waals surface area contributed by atoms with Crippen molar-refractivity contribution in [2.45, 2.75) is 18.9 Å². The van der Waals surface area contributed by atoms with Gasteiger partial charge >= 0.3 is 12.0 Å². The Morgan fingerprint density at radius 1 is 0.921 bits per heavy atom. The first-order valence-electron chi connectivity index (χ1n) is 12.4. The number of likely N-dealkylation sites (tertiary alicyclic amines) is 1. The van der Waals surface area contributed by atoms with Gasteiger partial charge in [0.1, 0.15) is 11.5 Å². The zero-order valence-corrected chi connectivity index (χ0v) is 21.5. The number of carboxylic acids is 1. The third-order valence-electron chi connectivity index (χ3n) is 7.25. The molecule has 9 nitrogen and oxygen atoms in total. The Labute approximate surface area is 221 Å². The molecule has 0 spiro atoms. The maximum Gasteiger partial charge on any atom is 0.325 e. The number of carboxylic acid groups (broad SMARTS) is 1. The number of anilines is 1. The summed E-state index contributed by atoms with van der Waals surface area (Å²) < 4.78 is 21.6. The second-order valence-electron chi connectivity index (χ2n) is 9.18. The fourth-order valence-corrected chi connectivity index (χ4v) is 5.35. The van der Waals surface area contributed by atoms with Crippen LogP contribution < -0.4 is 23.8 Å². The summed E-state index contributed by atoms with van der Waals surface area (Å²) in [5, 5.41) is 10.5. The summed E-state index contributed by atoms with van der Waals surface area (Å²) in [6.45, 7) is 2.64. The van der Waals surface area contributed by atoms with E-state index in [0.717, 1.165) is 11.1 Å². The third kappa shape index (κ3) is 4.55. The highest BCUT2D eigenvalue weighted by Crippen LogP contribution is 2.48. The maximum absolute atomic E-state index is 14.1. The molecular weight excluding hydrogens is 488 g/mol. The second-order valence-corrected chi connectivity index (χ2v) is 9.18. The number of rotatable bonds is 7. The number of fused-ring (bicyclic) bond motifs is 1. The van der Waals surface area contributed by atoms with E-state index >= 15 is 0 Å². The minimum Gasteiger partial charge on any atom is -0.497 e. The summed E-state index contributed by atoms with van der Waals surface area (Å²) in [6, 6.07) is 19.0. The molecule has 3 aromatic rings. The van der Waals surface area contributed by atoms with Crippen LogP contribution in [-0.2, 0) is 4.79 Å². The molecule has 0 radical (unpaired) electrons. The van der Waals surface area contributed by atoms with Crippen LogP contribution in [0.4, 0.5) is 10.5 Å². The SMILES string of the molecule is CCN(C(=O)N1CC(c2ccc3c(c2)OCO3)C(C(=O)O)C1c1ccc(OC)cc1)c1ccc(OC)cc1. The molecule has 198 valence electrons. The topological polar surface area (TPSA) is 97.8 Å². The van der Waals surface area contributed by atoms with Crippen molar-refractivity contribution < 1.29 is 33.6 Å². The first kappa shape index (κ1) is 25.3. The van der Waals surface area contributed by atoms with E-state index in [9.17, 15) is 14.7 Å². The molecule has 0 aromatic heterocycles. The molecule has 0 bridgehead atoms. The maximum atomic E-state index is 14.1. The van der Waals surface area contributed by atoms with Crippen molar-refractivity contribution in [2.75, 3.05) is 39.0 Å². The number of hydrogen-bond acceptors (Lipinski definition) is 6. The Morgan fingerprint density at radius 3 is 2.13 bits per heavy atom. The zero-order valence-electron chi connectivity index (χ0n) is 21.5. The Balaban J connectivity index is 1.57. The van der Waals surface area contributed by atoms with E-state index in [0.29, 0.717) is 35.2 Å². The highest BCUT2D eigenvalue weighted by atomic mass is 16.7. The van der Waals surface area contributed by atoms with E-state index < -0.39 is 23.8 Å². The van der Waals surface area contributed by atoms with Gasteiger partial charge in [0.05, 0.1) is 26.2 Å². The lowest BCUT2D eigenvalue weighted by Crippen LogP contribution is -2.44. The van der Waals surface area contributed by atoms with Crippen molar-refractivity contribution in [3.05, 3.63) is 77.9 Å². The van der Waals surface area contributed by atoms with Crippen LogP contribution in [0.5, 0.6) is 23.0 Å². The minimum atomic E-state index is -0.976. The molecule has 9 heteroatoms. The minimum absolute atomic E-state index is 0.123. The first-order valence-corrected chi connectivity index (χ1v) is 12.4. The molecule has 3 unspecified atom stereocenters. The number of urea groups is 1. The molecule has 3 aromatic carbocycles. The van der Waals surface area contributed by atoms with E-state index in [1.165, 1.54) is 0 Å². The van der Waals surface area contributed by atoms with Gasteiger partial charge in [-0.3, -0.25) is 9.69 Å². The van der Waals surface area contributed by atoms with E-state index in [2.05, 4.69) is 0 Å². The molecule has 2 aliphatic heterocycles. The Hall–Kier alpha value is -4.40. The largest absolute Gasteiger partial charge is 0.497 e. The summed E-state index contributed by atoms with van der Waals surface area (Å²) in [6.07, 6.45) is 0. The average molecular weight is 519 g/mol. The summed E-state index contributed by atoms with van der Waals surface area (Å²) in [7, 11) is 3.16. The van der Waals surface area contributed by atoms with Crippen LogP contribution in [-0.4, -0.2) is 56.1 Å². The van der Waals surface area contributed by atoms with E-state index in [1.807, 2.05) is 43.3 Å². The second kappa shape index (κ2) is 10.5. The monoisotopic (exact) mass is 518 g/mol. The number of ether oxygens (including phenoxy) is 4. The van der Waals surface area contributed by atoms with Crippen molar-refractivity contribution in [3.8, 4) is 23.0 Å². The van der Waals surface area contributed by atoms with Crippen LogP contribution in [0.3, 0.4) is 0 Å². The molecule has 0 saturated carbocycles. The summed E-state index contributed by atoms with van der Waals surface area (Å²) in [4.78, 5) is 30.3. The van der Waals surface area contributed by atoms with Crippen molar-refractivity contribution in [3.63, 3.8) is 0 Å². The average Bonchev–Trinajstić information content (AvgIpc) is 3.58.